The topological polar surface area (TPSA) is 42.4 Å². The molecule has 104 valence electrons. The third-order valence-corrected chi connectivity index (χ3v) is 3.43. The van der Waals surface area contributed by atoms with Gasteiger partial charge in [-0.2, -0.15) is 0 Å². The van der Waals surface area contributed by atoms with Crippen molar-refractivity contribution >= 4 is 11.8 Å². The van der Waals surface area contributed by atoms with Crippen molar-refractivity contribution in [2.75, 3.05) is 4.90 Å². The molecule has 4 heteroatoms. The van der Waals surface area contributed by atoms with Crippen molar-refractivity contribution in [3.8, 4) is 0 Å². The maximum absolute atomic E-state index is 12.3. The fourth-order valence-corrected chi connectivity index (χ4v) is 2.53. The van der Waals surface area contributed by atoms with Gasteiger partial charge in [0, 0.05) is 11.7 Å². The normalized spacial score (nSPS) is 18.4. The van der Waals surface area contributed by atoms with E-state index in [1.807, 2.05) is 32.9 Å². The van der Waals surface area contributed by atoms with Crippen LogP contribution in [0.5, 0.6) is 0 Å². The maximum atomic E-state index is 12.3. The van der Waals surface area contributed by atoms with Gasteiger partial charge < -0.3 is 4.74 Å². The monoisotopic (exact) mass is 262 g/mol. The van der Waals surface area contributed by atoms with E-state index in [2.05, 4.69) is 11.9 Å². The molecule has 1 aromatic heterocycles. The van der Waals surface area contributed by atoms with Gasteiger partial charge in [0.2, 0.25) is 0 Å². The van der Waals surface area contributed by atoms with Crippen LogP contribution in [0.15, 0.2) is 12.1 Å². The Labute approximate surface area is 114 Å². The number of aromatic nitrogens is 1. The first kappa shape index (κ1) is 13.8. The highest BCUT2D eigenvalue weighted by molar-refractivity contribution is 5.89. The van der Waals surface area contributed by atoms with E-state index in [-0.39, 0.29) is 18.2 Å². The van der Waals surface area contributed by atoms with E-state index in [9.17, 15) is 4.79 Å². The van der Waals surface area contributed by atoms with Crippen LogP contribution in [0.2, 0.25) is 0 Å². The number of anilines is 1. The molecule has 0 saturated carbocycles. The van der Waals surface area contributed by atoms with E-state index in [4.69, 9.17) is 4.74 Å². The number of amides is 1. The minimum Gasteiger partial charge on any atom is -0.446 e. The smallest absolute Gasteiger partial charge is 0.414 e. The number of carbonyl (C=O) groups is 1. The van der Waals surface area contributed by atoms with Crippen molar-refractivity contribution < 1.29 is 9.53 Å². The summed E-state index contributed by atoms with van der Waals surface area (Å²) in [4.78, 5) is 18.6. The molecule has 1 atom stereocenters. The highest BCUT2D eigenvalue weighted by Crippen LogP contribution is 2.31. The second kappa shape index (κ2) is 5.59. The summed E-state index contributed by atoms with van der Waals surface area (Å²) in [5.74, 6) is 0. The van der Waals surface area contributed by atoms with Crippen molar-refractivity contribution in [2.45, 2.75) is 59.1 Å². The first-order valence-corrected chi connectivity index (χ1v) is 6.99. The Morgan fingerprint density at radius 2 is 2.26 bits per heavy atom. The molecule has 0 radical (unpaired) electrons. The zero-order valence-corrected chi connectivity index (χ0v) is 12.1. The molecule has 2 rings (SSSR count). The van der Waals surface area contributed by atoms with Crippen LogP contribution >= 0.6 is 0 Å². The van der Waals surface area contributed by atoms with Gasteiger partial charge in [0.1, 0.15) is 0 Å². The Morgan fingerprint density at radius 1 is 1.53 bits per heavy atom. The van der Waals surface area contributed by atoms with Gasteiger partial charge in [-0.1, -0.05) is 6.92 Å². The molecule has 1 aliphatic heterocycles. The number of pyridine rings is 1. The number of carbonyl (C=O) groups excluding carboxylic acids is 1. The predicted molar refractivity (Wildman–Crippen MR) is 75.5 cm³/mol. The summed E-state index contributed by atoms with van der Waals surface area (Å²) in [7, 11) is 0. The van der Waals surface area contributed by atoms with Crippen molar-refractivity contribution in [1.29, 1.82) is 0 Å². The molecule has 0 saturated heterocycles. The van der Waals surface area contributed by atoms with Crippen LogP contribution < -0.4 is 4.90 Å². The van der Waals surface area contributed by atoms with Gasteiger partial charge in [0.25, 0.3) is 0 Å². The van der Waals surface area contributed by atoms with Crippen LogP contribution in [0.1, 0.15) is 45.0 Å². The van der Waals surface area contributed by atoms with Crippen molar-refractivity contribution in [3.05, 3.63) is 23.5 Å². The molecule has 1 aromatic rings. The number of nitrogens with zero attached hydrogens (tertiary/aromatic N) is 2. The van der Waals surface area contributed by atoms with E-state index in [0.717, 1.165) is 36.3 Å². The second-order valence-electron chi connectivity index (χ2n) is 5.32. The minimum absolute atomic E-state index is 0.103. The van der Waals surface area contributed by atoms with Crippen LogP contribution in [-0.2, 0) is 11.2 Å². The van der Waals surface area contributed by atoms with Gasteiger partial charge in [0.15, 0.2) is 0 Å². The minimum atomic E-state index is -0.256. The molecule has 0 spiro atoms. The van der Waals surface area contributed by atoms with Crippen LogP contribution in [0.4, 0.5) is 10.5 Å². The molecule has 0 N–H and O–H groups in total. The summed E-state index contributed by atoms with van der Waals surface area (Å²) < 4.78 is 5.37. The summed E-state index contributed by atoms with van der Waals surface area (Å²) in [5.41, 5.74) is 2.91. The van der Waals surface area contributed by atoms with Gasteiger partial charge >= 0.3 is 6.09 Å². The molecule has 1 aliphatic rings. The SMILES string of the molecule is CCC1CCc2nc(C)ccc2N1C(=O)OC(C)C. The van der Waals surface area contributed by atoms with E-state index in [1.165, 1.54) is 0 Å². The van der Waals surface area contributed by atoms with Gasteiger partial charge in [-0.05, 0) is 52.2 Å². The number of rotatable bonds is 2. The zero-order valence-electron chi connectivity index (χ0n) is 12.1. The Kier molecular flexibility index (Phi) is 4.08. The Hall–Kier alpha value is -1.58. The molecule has 0 aliphatic carbocycles. The van der Waals surface area contributed by atoms with Crippen molar-refractivity contribution in [2.24, 2.45) is 0 Å². The standard InChI is InChI=1S/C15H22N2O2/c1-5-12-7-8-13-14(9-6-11(4)16-13)17(12)15(18)19-10(2)3/h6,9-10,12H,5,7-8H2,1-4H3. The lowest BCUT2D eigenvalue weighted by atomic mass is 9.98. The first-order valence-electron chi connectivity index (χ1n) is 6.99. The van der Waals surface area contributed by atoms with E-state index in [0.29, 0.717) is 0 Å². The molecule has 1 amide bonds. The number of fused-ring (bicyclic) bond motifs is 1. The predicted octanol–water partition coefficient (Wildman–Crippen LogP) is 3.47. The van der Waals surface area contributed by atoms with Gasteiger partial charge in [0.05, 0.1) is 17.5 Å². The lowest BCUT2D eigenvalue weighted by Gasteiger charge is -2.35. The third kappa shape index (κ3) is 2.88. The Bertz CT molecular complexity index is 471. The second-order valence-corrected chi connectivity index (χ2v) is 5.32. The summed E-state index contributed by atoms with van der Waals surface area (Å²) in [6, 6.07) is 4.15. The molecular formula is C15H22N2O2. The maximum Gasteiger partial charge on any atom is 0.414 e. The van der Waals surface area contributed by atoms with Crippen molar-refractivity contribution in [3.63, 3.8) is 0 Å². The Balaban J connectivity index is 2.35. The quantitative estimate of drug-likeness (QED) is 0.819. The summed E-state index contributed by atoms with van der Waals surface area (Å²) >= 11 is 0. The van der Waals surface area contributed by atoms with E-state index in [1.54, 1.807) is 4.90 Å². The van der Waals surface area contributed by atoms with Gasteiger partial charge in [-0.15, -0.1) is 0 Å². The van der Waals surface area contributed by atoms with Gasteiger partial charge in [-0.25, -0.2) is 4.79 Å². The summed E-state index contributed by atoms with van der Waals surface area (Å²) in [5, 5.41) is 0. The number of hydrogen-bond donors (Lipinski definition) is 0. The highest BCUT2D eigenvalue weighted by atomic mass is 16.6. The fraction of sp³-hybridized carbons (Fsp3) is 0.600. The molecule has 0 aromatic carbocycles. The molecule has 19 heavy (non-hydrogen) atoms. The lowest BCUT2D eigenvalue weighted by Crippen LogP contribution is -2.44. The number of ether oxygens (including phenoxy) is 1. The highest BCUT2D eigenvalue weighted by Gasteiger charge is 2.32. The van der Waals surface area contributed by atoms with Crippen LogP contribution in [-0.4, -0.2) is 23.2 Å². The molecule has 0 bridgehead atoms. The van der Waals surface area contributed by atoms with E-state index < -0.39 is 0 Å². The van der Waals surface area contributed by atoms with Crippen molar-refractivity contribution in [1.82, 2.24) is 4.98 Å². The molecule has 2 heterocycles. The molecular weight excluding hydrogens is 240 g/mol. The largest absolute Gasteiger partial charge is 0.446 e. The molecule has 1 unspecified atom stereocenters. The summed E-state index contributed by atoms with van der Waals surface area (Å²) in [6.45, 7) is 7.82. The van der Waals surface area contributed by atoms with Crippen LogP contribution in [0.25, 0.3) is 0 Å². The third-order valence-electron chi connectivity index (χ3n) is 3.43. The summed E-state index contributed by atoms with van der Waals surface area (Å²) in [6.07, 6.45) is 2.46. The molecule has 0 fully saturated rings. The lowest BCUT2D eigenvalue weighted by molar-refractivity contribution is 0.119. The fourth-order valence-electron chi connectivity index (χ4n) is 2.53. The van der Waals surface area contributed by atoms with Crippen LogP contribution in [0, 0.1) is 6.92 Å². The zero-order chi connectivity index (χ0) is 14.0. The molecule has 4 nitrogen and oxygen atoms in total. The average Bonchev–Trinajstić information content (AvgIpc) is 2.36. The average molecular weight is 262 g/mol. The van der Waals surface area contributed by atoms with Crippen LogP contribution in [0.3, 0.4) is 0 Å². The van der Waals surface area contributed by atoms with E-state index >= 15 is 0 Å². The number of hydrogen-bond acceptors (Lipinski definition) is 3. The number of aryl methyl sites for hydroxylation is 2. The Morgan fingerprint density at radius 3 is 2.89 bits per heavy atom. The first-order chi connectivity index (χ1) is 9.02. The van der Waals surface area contributed by atoms with Gasteiger partial charge in [-0.3, -0.25) is 9.88 Å².